The molecule has 132 valence electrons. The van der Waals surface area contributed by atoms with Gasteiger partial charge in [0.1, 0.15) is 0 Å². The molecular weight excluding hydrogens is 322 g/mol. The minimum atomic E-state index is -0.0408. The molecule has 1 aliphatic heterocycles. The molecule has 2 aliphatic rings. The summed E-state index contributed by atoms with van der Waals surface area (Å²) in [4.78, 5) is 32.2. The molecule has 0 radical (unpaired) electrons. The van der Waals surface area contributed by atoms with Crippen molar-refractivity contribution in [2.75, 3.05) is 18.8 Å². The summed E-state index contributed by atoms with van der Waals surface area (Å²) in [5.74, 6) is 0.949. The number of fused-ring (bicyclic) bond motifs is 2. The van der Waals surface area contributed by atoms with Gasteiger partial charge in [0, 0.05) is 30.8 Å². The van der Waals surface area contributed by atoms with Crippen molar-refractivity contribution in [3.8, 4) is 0 Å². The molecule has 1 atom stereocenters. The summed E-state index contributed by atoms with van der Waals surface area (Å²) in [7, 11) is 0. The first-order valence-corrected chi connectivity index (χ1v) is 10.2. The van der Waals surface area contributed by atoms with E-state index in [4.69, 9.17) is 4.98 Å². The number of hydrogen-bond acceptors (Lipinski definition) is 4. The highest BCUT2D eigenvalue weighted by molar-refractivity contribution is 7.99. The second kappa shape index (κ2) is 7.72. The van der Waals surface area contributed by atoms with Crippen LogP contribution in [0.5, 0.6) is 0 Å². The summed E-state index contributed by atoms with van der Waals surface area (Å²) < 4.78 is 1.81. The molecule has 0 bridgehead atoms. The van der Waals surface area contributed by atoms with Gasteiger partial charge in [-0.3, -0.25) is 14.2 Å². The average Bonchev–Trinajstić information content (AvgIpc) is 2.98. The molecule has 0 aromatic carbocycles. The van der Waals surface area contributed by atoms with Crippen molar-refractivity contribution in [2.45, 2.75) is 70.0 Å². The predicted molar refractivity (Wildman–Crippen MR) is 96.7 cm³/mol. The van der Waals surface area contributed by atoms with Gasteiger partial charge in [0.05, 0.1) is 11.7 Å². The van der Waals surface area contributed by atoms with Crippen molar-refractivity contribution in [3.63, 3.8) is 0 Å². The van der Waals surface area contributed by atoms with Crippen molar-refractivity contribution in [3.05, 3.63) is 21.6 Å². The summed E-state index contributed by atoms with van der Waals surface area (Å²) in [6.07, 6.45) is 6.31. The number of rotatable bonds is 6. The van der Waals surface area contributed by atoms with Crippen LogP contribution < -0.4 is 5.56 Å². The smallest absolute Gasteiger partial charge is 0.257 e. The van der Waals surface area contributed by atoms with Crippen LogP contribution >= 0.6 is 11.8 Å². The number of carbonyl (C=O) groups is 1. The maximum absolute atomic E-state index is 12.9. The van der Waals surface area contributed by atoms with Crippen molar-refractivity contribution in [2.24, 2.45) is 0 Å². The molecule has 0 fully saturated rings. The van der Waals surface area contributed by atoms with Crippen LogP contribution in [0.2, 0.25) is 0 Å². The Kier molecular flexibility index (Phi) is 5.64. The van der Waals surface area contributed by atoms with Crippen molar-refractivity contribution in [1.82, 2.24) is 14.5 Å². The normalized spacial score (nSPS) is 19.0. The van der Waals surface area contributed by atoms with Crippen LogP contribution in [0.15, 0.2) is 9.95 Å². The molecule has 0 N–H and O–H groups in total. The number of aromatic nitrogens is 2. The van der Waals surface area contributed by atoms with Gasteiger partial charge in [0.15, 0.2) is 5.16 Å². The second-order valence-corrected chi connectivity index (χ2v) is 7.74. The first-order chi connectivity index (χ1) is 11.7. The quantitative estimate of drug-likeness (QED) is 0.741. The van der Waals surface area contributed by atoms with Gasteiger partial charge >= 0.3 is 0 Å². The maximum atomic E-state index is 12.9. The zero-order valence-corrected chi connectivity index (χ0v) is 15.5. The summed E-state index contributed by atoms with van der Waals surface area (Å²) in [6, 6.07) is -0.0408. The van der Waals surface area contributed by atoms with Gasteiger partial charge < -0.3 is 4.90 Å². The maximum Gasteiger partial charge on any atom is 0.257 e. The van der Waals surface area contributed by atoms with E-state index in [1.807, 2.05) is 9.47 Å². The van der Waals surface area contributed by atoms with E-state index in [1.165, 1.54) is 0 Å². The molecule has 2 heterocycles. The zero-order chi connectivity index (χ0) is 17.1. The van der Waals surface area contributed by atoms with Gasteiger partial charge in [0.25, 0.3) is 5.56 Å². The van der Waals surface area contributed by atoms with E-state index >= 15 is 0 Å². The van der Waals surface area contributed by atoms with Crippen molar-refractivity contribution < 1.29 is 4.79 Å². The molecular formula is C18H27N3O2S. The topological polar surface area (TPSA) is 55.2 Å². The summed E-state index contributed by atoms with van der Waals surface area (Å²) in [5.41, 5.74) is 1.99. The van der Waals surface area contributed by atoms with E-state index < -0.39 is 0 Å². The Balaban J connectivity index is 1.81. The molecule has 6 heteroatoms. The van der Waals surface area contributed by atoms with Gasteiger partial charge in [-0.15, -0.1) is 0 Å². The van der Waals surface area contributed by atoms with Crippen molar-refractivity contribution >= 4 is 17.7 Å². The molecule has 1 unspecified atom stereocenters. The molecule has 1 aliphatic carbocycles. The van der Waals surface area contributed by atoms with Crippen LogP contribution in [0.3, 0.4) is 0 Å². The summed E-state index contributed by atoms with van der Waals surface area (Å²) >= 11 is 1.62. The highest BCUT2D eigenvalue weighted by Crippen LogP contribution is 2.34. The summed E-state index contributed by atoms with van der Waals surface area (Å²) in [5, 5.41) is 0.816. The number of carbonyl (C=O) groups excluding carboxylic acids is 1. The lowest BCUT2D eigenvalue weighted by molar-refractivity contribution is -0.132. The predicted octanol–water partition coefficient (Wildman–Crippen LogP) is 2.81. The number of nitrogens with zero attached hydrogens (tertiary/aromatic N) is 3. The largest absolute Gasteiger partial charge is 0.343 e. The van der Waals surface area contributed by atoms with Crippen LogP contribution in [0.4, 0.5) is 0 Å². The third-order valence-electron chi connectivity index (χ3n) is 4.87. The lowest BCUT2D eigenvalue weighted by atomic mass is 9.97. The van der Waals surface area contributed by atoms with Gasteiger partial charge in [-0.1, -0.05) is 25.6 Å². The number of amides is 1. The number of hydrogen-bond donors (Lipinski definition) is 0. The van der Waals surface area contributed by atoms with Gasteiger partial charge in [-0.05, 0) is 38.5 Å². The first kappa shape index (κ1) is 17.5. The summed E-state index contributed by atoms with van der Waals surface area (Å²) in [6.45, 7) is 5.79. The standard InChI is InChI=1S/C18H27N3O2S/c1-3-9-20(10-4-2)16(22)11-13-12-24-18-19-15-8-6-5-7-14(15)17(23)21(13)18/h13H,3-12H2,1-2H3. The van der Waals surface area contributed by atoms with Crippen LogP contribution in [-0.2, 0) is 17.6 Å². The van der Waals surface area contributed by atoms with Crippen LogP contribution in [0, 0.1) is 0 Å². The van der Waals surface area contributed by atoms with E-state index in [1.54, 1.807) is 11.8 Å². The third kappa shape index (κ3) is 3.39. The Morgan fingerprint density at radius 1 is 1.25 bits per heavy atom. The van der Waals surface area contributed by atoms with Gasteiger partial charge in [-0.2, -0.15) is 0 Å². The molecule has 1 aromatic rings. The van der Waals surface area contributed by atoms with E-state index in [0.29, 0.717) is 6.42 Å². The monoisotopic (exact) mass is 349 g/mol. The Hall–Kier alpha value is -1.30. The SMILES string of the molecule is CCCN(CCC)C(=O)CC1CSc2nc3c(c(=O)n21)CCCC3. The molecule has 0 saturated heterocycles. The Morgan fingerprint density at radius 2 is 1.96 bits per heavy atom. The Bertz CT molecular complexity index is 665. The highest BCUT2D eigenvalue weighted by Gasteiger charge is 2.31. The van der Waals surface area contributed by atoms with E-state index in [9.17, 15) is 9.59 Å². The molecule has 24 heavy (non-hydrogen) atoms. The van der Waals surface area contributed by atoms with Gasteiger partial charge in [0.2, 0.25) is 5.91 Å². The zero-order valence-electron chi connectivity index (χ0n) is 14.7. The molecule has 5 nitrogen and oxygen atoms in total. The second-order valence-electron chi connectivity index (χ2n) is 6.75. The fourth-order valence-electron chi connectivity index (χ4n) is 3.70. The third-order valence-corrected chi connectivity index (χ3v) is 5.97. The van der Waals surface area contributed by atoms with E-state index in [2.05, 4.69) is 13.8 Å². The lowest BCUT2D eigenvalue weighted by Gasteiger charge is -2.24. The highest BCUT2D eigenvalue weighted by atomic mass is 32.2. The lowest BCUT2D eigenvalue weighted by Crippen LogP contribution is -2.36. The van der Waals surface area contributed by atoms with E-state index in [-0.39, 0.29) is 17.5 Å². The van der Waals surface area contributed by atoms with Crippen LogP contribution in [0.1, 0.15) is 63.3 Å². The minimum absolute atomic E-state index is 0.0408. The number of thioether (sulfide) groups is 1. The molecule has 3 rings (SSSR count). The van der Waals surface area contributed by atoms with E-state index in [0.717, 1.165) is 73.8 Å². The van der Waals surface area contributed by atoms with Gasteiger partial charge in [-0.25, -0.2) is 4.98 Å². The molecule has 1 amide bonds. The average molecular weight is 350 g/mol. The molecule has 0 saturated carbocycles. The Labute approximate surface area is 147 Å². The fraction of sp³-hybridized carbons (Fsp3) is 0.722. The molecule has 1 aromatic heterocycles. The number of aryl methyl sites for hydroxylation is 1. The first-order valence-electron chi connectivity index (χ1n) is 9.20. The van der Waals surface area contributed by atoms with Crippen LogP contribution in [-0.4, -0.2) is 39.2 Å². The Morgan fingerprint density at radius 3 is 2.67 bits per heavy atom. The fourth-order valence-corrected chi connectivity index (χ4v) is 4.85. The van der Waals surface area contributed by atoms with Crippen molar-refractivity contribution in [1.29, 1.82) is 0 Å². The van der Waals surface area contributed by atoms with Crippen LogP contribution in [0.25, 0.3) is 0 Å². The minimum Gasteiger partial charge on any atom is -0.343 e. The molecule has 0 spiro atoms.